The van der Waals surface area contributed by atoms with Gasteiger partial charge >= 0.3 is 0 Å². The maximum atomic E-state index is 12.6. The minimum absolute atomic E-state index is 0.286. The molecule has 1 N–H and O–H groups in total. The van der Waals surface area contributed by atoms with E-state index in [1.165, 1.54) is 0 Å². The number of aryl methyl sites for hydroxylation is 1. The number of rotatable bonds is 7. The number of aromatic nitrogens is 4. The van der Waals surface area contributed by atoms with E-state index >= 15 is 0 Å². The third-order valence-electron chi connectivity index (χ3n) is 4.03. The van der Waals surface area contributed by atoms with Gasteiger partial charge in [0, 0.05) is 25.6 Å². The SMILES string of the molecule is COCCCn1cnnc1[C@@H](C)NC(=O)c1ccc2cccc(Cl)c2n1. The number of halogens is 1. The summed E-state index contributed by atoms with van der Waals surface area (Å²) in [6, 6.07) is 8.72. The van der Waals surface area contributed by atoms with Crippen molar-refractivity contribution in [3.05, 3.63) is 53.2 Å². The molecule has 0 radical (unpaired) electrons. The number of fused-ring (bicyclic) bond motifs is 1. The third kappa shape index (κ3) is 4.00. The Bertz CT molecular complexity index is 911. The molecule has 1 aromatic carbocycles. The van der Waals surface area contributed by atoms with Crippen LogP contribution in [0.4, 0.5) is 0 Å². The van der Waals surface area contributed by atoms with E-state index in [0.717, 1.165) is 18.4 Å². The van der Waals surface area contributed by atoms with Crippen molar-refractivity contribution < 1.29 is 9.53 Å². The smallest absolute Gasteiger partial charge is 0.270 e. The number of hydrogen-bond acceptors (Lipinski definition) is 5. The Morgan fingerprint density at radius 3 is 3.00 bits per heavy atom. The molecule has 0 fully saturated rings. The van der Waals surface area contributed by atoms with Crippen molar-refractivity contribution in [2.45, 2.75) is 25.9 Å². The number of hydrogen-bond donors (Lipinski definition) is 1. The number of ether oxygens (including phenoxy) is 1. The average Bonchev–Trinajstić information content (AvgIpc) is 3.10. The zero-order valence-electron chi connectivity index (χ0n) is 14.6. The Morgan fingerprint density at radius 2 is 2.19 bits per heavy atom. The van der Waals surface area contributed by atoms with E-state index in [1.54, 1.807) is 25.6 Å². The van der Waals surface area contributed by atoms with Gasteiger partial charge in [0.05, 0.1) is 16.6 Å². The van der Waals surface area contributed by atoms with Gasteiger partial charge in [0.1, 0.15) is 12.0 Å². The molecule has 3 aromatic rings. The van der Waals surface area contributed by atoms with Crippen molar-refractivity contribution >= 4 is 28.4 Å². The lowest BCUT2D eigenvalue weighted by Gasteiger charge is -2.15. The Kier molecular flexibility index (Phi) is 5.80. The fourth-order valence-corrected chi connectivity index (χ4v) is 2.95. The molecule has 136 valence electrons. The Balaban J connectivity index is 1.74. The Morgan fingerprint density at radius 1 is 1.35 bits per heavy atom. The summed E-state index contributed by atoms with van der Waals surface area (Å²) < 4.78 is 6.98. The first kappa shape index (κ1) is 18.3. The molecule has 0 aliphatic carbocycles. The normalized spacial score (nSPS) is 12.3. The highest BCUT2D eigenvalue weighted by Crippen LogP contribution is 2.21. The van der Waals surface area contributed by atoms with E-state index in [9.17, 15) is 4.79 Å². The third-order valence-corrected chi connectivity index (χ3v) is 4.34. The number of benzene rings is 1. The van der Waals surface area contributed by atoms with Gasteiger partial charge in [-0.2, -0.15) is 0 Å². The van der Waals surface area contributed by atoms with E-state index in [0.29, 0.717) is 28.7 Å². The van der Waals surface area contributed by atoms with Crippen LogP contribution in [0, 0.1) is 0 Å². The van der Waals surface area contributed by atoms with Gasteiger partial charge in [-0.3, -0.25) is 4.79 Å². The fourth-order valence-electron chi connectivity index (χ4n) is 2.72. The maximum Gasteiger partial charge on any atom is 0.270 e. The molecule has 3 rings (SSSR count). The van der Waals surface area contributed by atoms with Crippen LogP contribution in [0.3, 0.4) is 0 Å². The van der Waals surface area contributed by atoms with Gasteiger partial charge in [-0.15, -0.1) is 10.2 Å². The number of nitrogens with one attached hydrogen (secondary N) is 1. The number of carbonyl (C=O) groups is 1. The first-order chi connectivity index (χ1) is 12.6. The lowest BCUT2D eigenvalue weighted by Crippen LogP contribution is -2.29. The minimum atomic E-state index is -0.309. The first-order valence-electron chi connectivity index (χ1n) is 8.33. The highest BCUT2D eigenvalue weighted by molar-refractivity contribution is 6.35. The van der Waals surface area contributed by atoms with E-state index in [2.05, 4.69) is 20.5 Å². The number of nitrogens with zero attached hydrogens (tertiary/aromatic N) is 4. The van der Waals surface area contributed by atoms with Crippen LogP contribution >= 0.6 is 11.6 Å². The molecule has 2 aromatic heterocycles. The van der Waals surface area contributed by atoms with Crippen LogP contribution < -0.4 is 5.32 Å². The van der Waals surface area contributed by atoms with Crippen molar-refractivity contribution in [2.24, 2.45) is 0 Å². The highest BCUT2D eigenvalue weighted by Gasteiger charge is 2.18. The van der Waals surface area contributed by atoms with Gasteiger partial charge in [-0.05, 0) is 25.5 Å². The number of para-hydroxylation sites is 1. The van der Waals surface area contributed by atoms with Gasteiger partial charge in [-0.1, -0.05) is 29.8 Å². The highest BCUT2D eigenvalue weighted by atomic mass is 35.5. The molecule has 0 aliphatic rings. The number of amides is 1. The number of methoxy groups -OCH3 is 1. The molecule has 0 bridgehead atoms. The van der Waals surface area contributed by atoms with E-state index < -0.39 is 0 Å². The molecule has 2 heterocycles. The first-order valence-corrected chi connectivity index (χ1v) is 8.70. The summed E-state index contributed by atoms with van der Waals surface area (Å²) in [5, 5.41) is 12.4. The average molecular weight is 374 g/mol. The van der Waals surface area contributed by atoms with Crippen LogP contribution in [-0.4, -0.2) is 39.4 Å². The summed E-state index contributed by atoms with van der Waals surface area (Å²) in [5.74, 6) is 0.402. The topological polar surface area (TPSA) is 81.9 Å². The quantitative estimate of drug-likeness (QED) is 0.644. The second-order valence-electron chi connectivity index (χ2n) is 5.93. The molecular formula is C18H20ClN5O2. The maximum absolute atomic E-state index is 12.6. The standard InChI is InChI=1S/C18H20ClN5O2/c1-12(17-23-20-11-24(17)9-4-10-26-2)21-18(25)15-8-7-13-5-3-6-14(19)16(13)22-15/h3,5-8,11-12H,4,9-10H2,1-2H3,(H,21,25)/t12-/m1/s1. The molecule has 26 heavy (non-hydrogen) atoms. The molecule has 0 spiro atoms. The lowest BCUT2D eigenvalue weighted by molar-refractivity contribution is 0.0932. The van der Waals surface area contributed by atoms with E-state index in [4.69, 9.17) is 16.3 Å². The van der Waals surface area contributed by atoms with Gasteiger partial charge in [-0.25, -0.2) is 4.98 Å². The van der Waals surface area contributed by atoms with E-state index in [1.807, 2.05) is 29.7 Å². The molecule has 1 amide bonds. The summed E-state index contributed by atoms with van der Waals surface area (Å²) in [5.41, 5.74) is 0.917. The molecule has 0 saturated carbocycles. The van der Waals surface area contributed by atoms with Crippen LogP contribution in [0.15, 0.2) is 36.7 Å². The second kappa shape index (κ2) is 8.25. The monoisotopic (exact) mass is 373 g/mol. The van der Waals surface area contributed by atoms with Gasteiger partial charge < -0.3 is 14.6 Å². The summed E-state index contributed by atoms with van der Waals surface area (Å²) >= 11 is 6.18. The van der Waals surface area contributed by atoms with Crippen LogP contribution in [0.1, 0.15) is 35.7 Å². The predicted molar refractivity (Wildman–Crippen MR) is 99.1 cm³/mol. The van der Waals surface area contributed by atoms with Crippen LogP contribution in [0.5, 0.6) is 0 Å². The fraction of sp³-hybridized carbons (Fsp3) is 0.333. The van der Waals surface area contributed by atoms with Crippen molar-refractivity contribution in [3.8, 4) is 0 Å². The largest absolute Gasteiger partial charge is 0.385 e. The molecule has 8 heteroatoms. The zero-order chi connectivity index (χ0) is 18.5. The summed E-state index contributed by atoms with van der Waals surface area (Å²) in [7, 11) is 1.67. The number of pyridine rings is 1. The Labute approximate surface area is 156 Å². The predicted octanol–water partition coefficient (Wildman–Crippen LogP) is 3.01. The van der Waals surface area contributed by atoms with Gasteiger partial charge in [0.25, 0.3) is 5.91 Å². The van der Waals surface area contributed by atoms with Crippen molar-refractivity contribution in [1.29, 1.82) is 0 Å². The van der Waals surface area contributed by atoms with Crippen LogP contribution in [0.2, 0.25) is 5.02 Å². The summed E-state index contributed by atoms with van der Waals surface area (Å²) in [6.07, 6.45) is 2.49. The zero-order valence-corrected chi connectivity index (χ0v) is 15.4. The summed E-state index contributed by atoms with van der Waals surface area (Å²) in [6.45, 7) is 3.24. The lowest BCUT2D eigenvalue weighted by atomic mass is 10.2. The van der Waals surface area contributed by atoms with Crippen molar-refractivity contribution in [2.75, 3.05) is 13.7 Å². The molecule has 1 atom stereocenters. The molecule has 0 unspecified atom stereocenters. The van der Waals surface area contributed by atoms with Gasteiger partial charge in [0.2, 0.25) is 0 Å². The van der Waals surface area contributed by atoms with Crippen molar-refractivity contribution in [3.63, 3.8) is 0 Å². The Hall–Kier alpha value is -2.51. The number of carbonyl (C=O) groups excluding carboxylic acids is 1. The second-order valence-corrected chi connectivity index (χ2v) is 6.34. The van der Waals surface area contributed by atoms with Crippen molar-refractivity contribution in [1.82, 2.24) is 25.1 Å². The van der Waals surface area contributed by atoms with Crippen LogP contribution in [0.25, 0.3) is 10.9 Å². The summed E-state index contributed by atoms with van der Waals surface area (Å²) in [4.78, 5) is 17.0. The molecule has 0 aliphatic heterocycles. The minimum Gasteiger partial charge on any atom is -0.385 e. The van der Waals surface area contributed by atoms with Gasteiger partial charge in [0.15, 0.2) is 5.82 Å². The molecular weight excluding hydrogens is 354 g/mol. The molecule has 7 nitrogen and oxygen atoms in total. The molecule has 0 saturated heterocycles. The van der Waals surface area contributed by atoms with E-state index in [-0.39, 0.29) is 11.9 Å². The van der Waals surface area contributed by atoms with Crippen LogP contribution in [-0.2, 0) is 11.3 Å².